The number of sulfone groups is 1. The van der Waals surface area contributed by atoms with Gasteiger partial charge < -0.3 is 5.32 Å². The third-order valence-corrected chi connectivity index (χ3v) is 5.81. The second-order valence-electron chi connectivity index (χ2n) is 6.32. The van der Waals surface area contributed by atoms with Crippen molar-refractivity contribution in [2.75, 3.05) is 19.3 Å². The molecular weight excluding hydrogens is 306 g/mol. The second kappa shape index (κ2) is 6.85. The van der Waals surface area contributed by atoms with E-state index in [-0.39, 0.29) is 0 Å². The summed E-state index contributed by atoms with van der Waals surface area (Å²) in [5.74, 6) is 0.912. The number of hydrogen-bond donors (Lipinski definition) is 1. The van der Waals surface area contributed by atoms with Crippen LogP contribution in [0.3, 0.4) is 0 Å². The van der Waals surface area contributed by atoms with Crippen molar-refractivity contribution in [2.45, 2.75) is 23.7 Å². The van der Waals surface area contributed by atoms with Crippen molar-refractivity contribution in [1.82, 2.24) is 5.32 Å². The highest BCUT2D eigenvalue weighted by Crippen LogP contribution is 2.37. The predicted molar refractivity (Wildman–Crippen MR) is 93.4 cm³/mol. The van der Waals surface area contributed by atoms with Crippen LogP contribution in [0, 0.1) is 5.92 Å². The summed E-state index contributed by atoms with van der Waals surface area (Å²) in [6.45, 7) is 2.10. The van der Waals surface area contributed by atoms with Gasteiger partial charge in [-0.1, -0.05) is 42.5 Å². The summed E-state index contributed by atoms with van der Waals surface area (Å²) in [6.07, 6.45) is 3.55. The molecule has 1 heterocycles. The summed E-state index contributed by atoms with van der Waals surface area (Å²) in [4.78, 5) is 0.387. The van der Waals surface area contributed by atoms with Crippen molar-refractivity contribution in [3.8, 4) is 0 Å². The first-order valence-corrected chi connectivity index (χ1v) is 10.0. The molecule has 0 aliphatic carbocycles. The van der Waals surface area contributed by atoms with Crippen molar-refractivity contribution in [1.29, 1.82) is 0 Å². The molecule has 4 heteroatoms. The second-order valence-corrected chi connectivity index (χ2v) is 8.33. The van der Waals surface area contributed by atoms with Crippen molar-refractivity contribution < 1.29 is 8.42 Å². The third-order valence-electron chi connectivity index (χ3n) is 4.68. The molecule has 1 N–H and O–H groups in total. The molecule has 1 fully saturated rings. The molecule has 1 aliphatic rings. The first kappa shape index (κ1) is 16.2. The molecule has 3 nitrogen and oxygen atoms in total. The largest absolute Gasteiger partial charge is 0.317 e. The van der Waals surface area contributed by atoms with Crippen LogP contribution in [0.2, 0.25) is 0 Å². The molecule has 0 saturated carbocycles. The van der Waals surface area contributed by atoms with Gasteiger partial charge in [-0.25, -0.2) is 8.42 Å². The van der Waals surface area contributed by atoms with E-state index in [4.69, 9.17) is 0 Å². The van der Waals surface area contributed by atoms with Crippen LogP contribution in [0.15, 0.2) is 59.5 Å². The van der Waals surface area contributed by atoms with Gasteiger partial charge in [-0.05, 0) is 55.1 Å². The van der Waals surface area contributed by atoms with Crippen LogP contribution in [0.25, 0.3) is 0 Å². The number of rotatable bonds is 4. The molecule has 0 radical (unpaired) electrons. The minimum Gasteiger partial charge on any atom is -0.317 e. The molecule has 0 amide bonds. The summed E-state index contributed by atoms with van der Waals surface area (Å²) < 4.78 is 23.4. The fourth-order valence-electron chi connectivity index (χ4n) is 3.50. The highest BCUT2D eigenvalue weighted by Gasteiger charge is 2.26. The minimum absolute atomic E-state index is 0.326. The summed E-state index contributed by atoms with van der Waals surface area (Å²) in [5, 5.41) is 3.42. The zero-order valence-electron chi connectivity index (χ0n) is 13.4. The smallest absolute Gasteiger partial charge is 0.175 e. The van der Waals surface area contributed by atoms with Crippen molar-refractivity contribution >= 4 is 9.84 Å². The van der Waals surface area contributed by atoms with Crippen LogP contribution in [-0.2, 0) is 9.84 Å². The van der Waals surface area contributed by atoms with E-state index < -0.39 is 9.84 Å². The lowest BCUT2D eigenvalue weighted by Gasteiger charge is -2.31. The first-order valence-electron chi connectivity index (χ1n) is 8.11. The topological polar surface area (TPSA) is 46.2 Å². The Labute approximate surface area is 138 Å². The Morgan fingerprint density at radius 3 is 2.04 bits per heavy atom. The minimum atomic E-state index is -3.14. The number of hydrogen-bond acceptors (Lipinski definition) is 3. The van der Waals surface area contributed by atoms with Gasteiger partial charge in [0.05, 0.1) is 4.90 Å². The van der Waals surface area contributed by atoms with E-state index >= 15 is 0 Å². The standard InChI is InChI=1S/C19H23NO2S/c1-23(21,22)18-9-7-16(8-10-18)19(15-5-3-2-4-6-15)17-11-13-20-14-12-17/h2-10,17,19-20H,11-14H2,1H3. The van der Waals surface area contributed by atoms with Gasteiger partial charge >= 0.3 is 0 Å². The molecule has 2 aromatic carbocycles. The summed E-state index contributed by atoms with van der Waals surface area (Å²) in [6, 6.07) is 18.0. The Kier molecular flexibility index (Phi) is 4.83. The van der Waals surface area contributed by atoms with Crippen LogP contribution < -0.4 is 5.32 Å². The predicted octanol–water partition coefficient (Wildman–Crippen LogP) is 3.22. The maximum absolute atomic E-state index is 11.7. The van der Waals surface area contributed by atoms with Crippen LogP contribution in [-0.4, -0.2) is 27.8 Å². The van der Waals surface area contributed by atoms with Crippen molar-refractivity contribution in [3.05, 3.63) is 65.7 Å². The van der Waals surface area contributed by atoms with Gasteiger partial charge in [0.15, 0.2) is 9.84 Å². The molecule has 2 aromatic rings. The Morgan fingerprint density at radius 2 is 1.48 bits per heavy atom. The van der Waals surface area contributed by atoms with Crippen LogP contribution >= 0.6 is 0 Å². The van der Waals surface area contributed by atoms with Gasteiger partial charge in [0.25, 0.3) is 0 Å². The van der Waals surface area contributed by atoms with Gasteiger partial charge in [0.2, 0.25) is 0 Å². The van der Waals surface area contributed by atoms with E-state index in [0.717, 1.165) is 25.9 Å². The average molecular weight is 329 g/mol. The monoisotopic (exact) mass is 329 g/mol. The normalized spacial score (nSPS) is 17.8. The van der Waals surface area contributed by atoms with E-state index in [0.29, 0.717) is 16.7 Å². The molecule has 23 heavy (non-hydrogen) atoms. The van der Waals surface area contributed by atoms with E-state index in [2.05, 4.69) is 29.6 Å². The van der Waals surface area contributed by atoms with E-state index in [1.807, 2.05) is 18.2 Å². The lowest BCUT2D eigenvalue weighted by Crippen LogP contribution is -2.31. The molecule has 0 spiro atoms. The maximum atomic E-state index is 11.7. The van der Waals surface area contributed by atoms with Crippen LogP contribution in [0.4, 0.5) is 0 Å². The van der Waals surface area contributed by atoms with Crippen molar-refractivity contribution in [2.24, 2.45) is 5.92 Å². The first-order chi connectivity index (χ1) is 11.1. The quantitative estimate of drug-likeness (QED) is 0.937. The third kappa shape index (κ3) is 3.82. The van der Waals surface area contributed by atoms with Crippen LogP contribution in [0.1, 0.15) is 29.9 Å². The molecule has 1 atom stereocenters. The fourth-order valence-corrected chi connectivity index (χ4v) is 4.13. The van der Waals surface area contributed by atoms with Gasteiger partial charge in [-0.3, -0.25) is 0 Å². The Bertz CT molecular complexity index is 733. The fraction of sp³-hybridized carbons (Fsp3) is 0.368. The SMILES string of the molecule is CS(=O)(=O)c1ccc(C(c2ccccc2)C2CCNCC2)cc1. The molecular formula is C19H23NO2S. The highest BCUT2D eigenvalue weighted by molar-refractivity contribution is 7.90. The molecule has 0 aromatic heterocycles. The van der Waals surface area contributed by atoms with Gasteiger partial charge in [0.1, 0.15) is 0 Å². The zero-order chi connectivity index (χ0) is 16.3. The number of nitrogens with one attached hydrogen (secondary N) is 1. The average Bonchev–Trinajstić information content (AvgIpc) is 2.57. The lowest BCUT2D eigenvalue weighted by atomic mass is 9.76. The van der Waals surface area contributed by atoms with E-state index in [9.17, 15) is 8.42 Å². The molecule has 1 saturated heterocycles. The Balaban J connectivity index is 1.98. The molecule has 1 aliphatic heterocycles. The van der Waals surface area contributed by atoms with Crippen molar-refractivity contribution in [3.63, 3.8) is 0 Å². The van der Waals surface area contributed by atoms with Gasteiger partial charge in [-0.15, -0.1) is 0 Å². The molecule has 3 rings (SSSR count). The maximum Gasteiger partial charge on any atom is 0.175 e. The Hall–Kier alpha value is -1.65. The lowest BCUT2D eigenvalue weighted by molar-refractivity contribution is 0.342. The summed E-state index contributed by atoms with van der Waals surface area (Å²) in [7, 11) is -3.14. The van der Waals surface area contributed by atoms with Gasteiger partial charge in [0, 0.05) is 12.2 Å². The van der Waals surface area contributed by atoms with Gasteiger partial charge in [-0.2, -0.15) is 0 Å². The number of benzene rings is 2. The molecule has 122 valence electrons. The summed E-state index contributed by atoms with van der Waals surface area (Å²) in [5.41, 5.74) is 2.52. The highest BCUT2D eigenvalue weighted by atomic mass is 32.2. The Morgan fingerprint density at radius 1 is 0.913 bits per heavy atom. The van der Waals surface area contributed by atoms with E-state index in [1.165, 1.54) is 17.4 Å². The van der Waals surface area contributed by atoms with E-state index in [1.54, 1.807) is 12.1 Å². The molecule has 0 bridgehead atoms. The molecule has 1 unspecified atom stereocenters. The number of piperidine rings is 1. The zero-order valence-corrected chi connectivity index (χ0v) is 14.2. The summed E-state index contributed by atoms with van der Waals surface area (Å²) >= 11 is 0. The van der Waals surface area contributed by atoms with Crippen LogP contribution in [0.5, 0.6) is 0 Å².